The molecule has 2 amide bonds. The monoisotopic (exact) mass is 406 g/mol. The summed E-state index contributed by atoms with van der Waals surface area (Å²) in [4.78, 5) is 31.7. The summed E-state index contributed by atoms with van der Waals surface area (Å²) >= 11 is 0. The highest BCUT2D eigenvalue weighted by molar-refractivity contribution is 5.97. The molecule has 1 saturated heterocycles. The fourth-order valence-corrected chi connectivity index (χ4v) is 3.35. The fraction of sp³-hybridized carbons (Fsp3) is 0.450. The fourth-order valence-electron chi connectivity index (χ4n) is 3.35. The van der Waals surface area contributed by atoms with Gasteiger partial charge in [-0.1, -0.05) is 6.07 Å². The topological polar surface area (TPSA) is 87.5 Å². The number of rotatable bonds is 6. The standard InChI is InChI=1S/C20H26N4O3.ClH/c1-15(23-19(25)16-8-12-27-14-16)20(26)24(13-17-5-2-3-10-22-17)18-6-4-9-21-11-7-18;/h2-3,5,8,10,12,14-15,18,21H,4,6-7,9,11,13H2,1H3,(H,23,25);1H. The molecule has 0 bridgehead atoms. The Labute approximate surface area is 171 Å². The molecule has 3 rings (SSSR count). The van der Waals surface area contributed by atoms with E-state index in [0.717, 1.165) is 38.0 Å². The minimum Gasteiger partial charge on any atom is -0.472 e. The summed E-state index contributed by atoms with van der Waals surface area (Å²) in [6.45, 7) is 4.01. The summed E-state index contributed by atoms with van der Waals surface area (Å²) in [5.41, 5.74) is 1.25. The molecule has 8 heteroatoms. The van der Waals surface area contributed by atoms with E-state index in [1.807, 2.05) is 23.1 Å². The van der Waals surface area contributed by atoms with Crippen molar-refractivity contribution in [2.24, 2.45) is 0 Å². The lowest BCUT2D eigenvalue weighted by atomic mass is 10.1. The molecule has 2 unspecified atom stereocenters. The molecule has 1 fully saturated rings. The highest BCUT2D eigenvalue weighted by atomic mass is 35.5. The third-order valence-electron chi connectivity index (χ3n) is 4.83. The lowest BCUT2D eigenvalue weighted by Crippen LogP contribution is -2.50. The molecule has 0 aromatic carbocycles. The van der Waals surface area contributed by atoms with Gasteiger partial charge < -0.3 is 20.0 Å². The van der Waals surface area contributed by atoms with E-state index in [2.05, 4.69) is 15.6 Å². The van der Waals surface area contributed by atoms with Crippen molar-refractivity contribution in [3.63, 3.8) is 0 Å². The van der Waals surface area contributed by atoms with Gasteiger partial charge in [0.05, 0.1) is 24.1 Å². The molecule has 0 radical (unpaired) electrons. The first kappa shape index (κ1) is 21.9. The zero-order valence-corrected chi connectivity index (χ0v) is 16.8. The molecule has 2 atom stereocenters. The van der Waals surface area contributed by atoms with Crippen molar-refractivity contribution in [2.75, 3.05) is 13.1 Å². The van der Waals surface area contributed by atoms with Gasteiger partial charge >= 0.3 is 0 Å². The first-order valence-corrected chi connectivity index (χ1v) is 9.39. The average Bonchev–Trinajstić information content (AvgIpc) is 3.10. The van der Waals surface area contributed by atoms with Gasteiger partial charge in [-0.3, -0.25) is 14.6 Å². The molecular weight excluding hydrogens is 380 g/mol. The van der Waals surface area contributed by atoms with Crippen molar-refractivity contribution in [3.8, 4) is 0 Å². The van der Waals surface area contributed by atoms with Crippen LogP contribution in [0.3, 0.4) is 0 Å². The van der Waals surface area contributed by atoms with Crippen LogP contribution in [0.25, 0.3) is 0 Å². The van der Waals surface area contributed by atoms with Crippen molar-refractivity contribution in [1.29, 1.82) is 0 Å². The van der Waals surface area contributed by atoms with Gasteiger partial charge in [-0.15, -0.1) is 12.4 Å². The van der Waals surface area contributed by atoms with Crippen molar-refractivity contribution in [2.45, 2.75) is 44.8 Å². The molecule has 7 nitrogen and oxygen atoms in total. The van der Waals surface area contributed by atoms with Gasteiger partial charge in [-0.25, -0.2) is 0 Å². The Bertz CT molecular complexity index is 731. The number of carbonyl (C=O) groups excluding carboxylic acids is 2. The van der Waals surface area contributed by atoms with Gasteiger partial charge in [-0.05, 0) is 57.5 Å². The van der Waals surface area contributed by atoms with Crippen molar-refractivity contribution in [1.82, 2.24) is 20.5 Å². The second-order valence-corrected chi connectivity index (χ2v) is 6.83. The summed E-state index contributed by atoms with van der Waals surface area (Å²) < 4.78 is 4.94. The van der Waals surface area contributed by atoms with Crippen LogP contribution < -0.4 is 10.6 Å². The predicted octanol–water partition coefficient (Wildman–Crippen LogP) is 2.39. The largest absolute Gasteiger partial charge is 0.472 e. The minimum absolute atomic E-state index is 0. The van der Waals surface area contributed by atoms with Crippen LogP contribution in [0.2, 0.25) is 0 Å². The van der Waals surface area contributed by atoms with Crippen LogP contribution in [-0.2, 0) is 11.3 Å². The number of pyridine rings is 1. The highest BCUT2D eigenvalue weighted by Crippen LogP contribution is 2.18. The molecule has 2 N–H and O–H groups in total. The van der Waals surface area contributed by atoms with E-state index >= 15 is 0 Å². The average molecular weight is 407 g/mol. The van der Waals surface area contributed by atoms with Crippen molar-refractivity contribution >= 4 is 24.2 Å². The Morgan fingerprint density at radius 2 is 2.18 bits per heavy atom. The molecule has 0 spiro atoms. The molecule has 0 saturated carbocycles. The quantitative estimate of drug-likeness (QED) is 0.769. The molecule has 0 aliphatic carbocycles. The summed E-state index contributed by atoms with van der Waals surface area (Å²) in [5, 5.41) is 6.16. The van der Waals surface area contributed by atoms with Crippen molar-refractivity contribution < 1.29 is 14.0 Å². The molecular formula is C20H27ClN4O3. The maximum absolute atomic E-state index is 13.2. The van der Waals surface area contributed by atoms with Crippen LogP contribution in [0.5, 0.6) is 0 Å². The molecule has 3 heterocycles. The number of hydrogen-bond donors (Lipinski definition) is 2. The number of nitrogens with zero attached hydrogens (tertiary/aromatic N) is 2. The minimum atomic E-state index is -0.632. The first-order chi connectivity index (χ1) is 13.1. The Morgan fingerprint density at radius 1 is 1.32 bits per heavy atom. The molecule has 2 aromatic rings. The van der Waals surface area contributed by atoms with Gasteiger partial charge in [0.25, 0.3) is 5.91 Å². The van der Waals surface area contributed by atoms with E-state index in [0.29, 0.717) is 12.1 Å². The lowest BCUT2D eigenvalue weighted by molar-refractivity contribution is -0.136. The zero-order chi connectivity index (χ0) is 19.1. The Kier molecular flexibility index (Phi) is 8.47. The van der Waals surface area contributed by atoms with Crippen LogP contribution in [-0.4, -0.2) is 46.9 Å². The number of amides is 2. The first-order valence-electron chi connectivity index (χ1n) is 9.39. The number of hydrogen-bond acceptors (Lipinski definition) is 5. The van der Waals surface area contributed by atoms with Crippen LogP contribution in [0.4, 0.5) is 0 Å². The molecule has 28 heavy (non-hydrogen) atoms. The number of aromatic nitrogens is 1. The molecule has 2 aromatic heterocycles. The van der Waals surface area contributed by atoms with E-state index in [4.69, 9.17) is 4.42 Å². The van der Waals surface area contributed by atoms with E-state index in [-0.39, 0.29) is 30.3 Å². The van der Waals surface area contributed by atoms with Crippen LogP contribution >= 0.6 is 12.4 Å². The second-order valence-electron chi connectivity index (χ2n) is 6.83. The van der Waals surface area contributed by atoms with E-state index < -0.39 is 6.04 Å². The Morgan fingerprint density at radius 3 is 2.89 bits per heavy atom. The predicted molar refractivity (Wildman–Crippen MR) is 108 cm³/mol. The summed E-state index contributed by atoms with van der Waals surface area (Å²) in [6.07, 6.45) is 7.39. The molecule has 152 valence electrons. The molecule has 1 aliphatic rings. The van der Waals surface area contributed by atoms with Gasteiger partial charge in [0, 0.05) is 12.2 Å². The lowest BCUT2D eigenvalue weighted by Gasteiger charge is -2.33. The zero-order valence-electron chi connectivity index (χ0n) is 16.0. The van der Waals surface area contributed by atoms with Crippen molar-refractivity contribution in [3.05, 3.63) is 54.2 Å². The number of halogens is 1. The molecule has 1 aliphatic heterocycles. The van der Waals surface area contributed by atoms with E-state index in [1.165, 1.54) is 12.5 Å². The SMILES string of the molecule is CC(NC(=O)c1ccoc1)C(=O)N(Cc1ccccn1)C1CCCNCC1.Cl. The van der Waals surface area contributed by atoms with Gasteiger partial charge in [0.1, 0.15) is 12.3 Å². The van der Waals surface area contributed by atoms with Crippen LogP contribution in [0.1, 0.15) is 42.2 Å². The van der Waals surface area contributed by atoms with Gasteiger partial charge in [0.15, 0.2) is 0 Å². The maximum atomic E-state index is 13.2. The number of carbonyl (C=O) groups is 2. The third-order valence-corrected chi connectivity index (χ3v) is 4.83. The van der Waals surface area contributed by atoms with Gasteiger partial charge in [0.2, 0.25) is 5.91 Å². The second kappa shape index (κ2) is 10.8. The van der Waals surface area contributed by atoms with E-state index in [1.54, 1.807) is 19.2 Å². The van der Waals surface area contributed by atoms with E-state index in [9.17, 15) is 9.59 Å². The summed E-state index contributed by atoms with van der Waals surface area (Å²) in [5.74, 6) is -0.408. The Hall–Kier alpha value is -2.38. The van der Waals surface area contributed by atoms with Crippen LogP contribution in [0.15, 0.2) is 47.4 Å². The normalized spacial score (nSPS) is 17.7. The third kappa shape index (κ3) is 5.81. The van der Waals surface area contributed by atoms with Gasteiger partial charge in [-0.2, -0.15) is 0 Å². The highest BCUT2D eigenvalue weighted by Gasteiger charge is 2.29. The number of nitrogens with one attached hydrogen (secondary N) is 2. The Balaban J connectivity index is 0.00000280. The summed E-state index contributed by atoms with van der Waals surface area (Å²) in [7, 11) is 0. The van der Waals surface area contributed by atoms with Crippen LogP contribution in [0, 0.1) is 0 Å². The smallest absolute Gasteiger partial charge is 0.255 e. The number of furan rings is 1. The summed E-state index contributed by atoms with van der Waals surface area (Å²) in [6, 6.07) is 6.78. The maximum Gasteiger partial charge on any atom is 0.255 e.